The van der Waals surface area contributed by atoms with Gasteiger partial charge >= 0.3 is 0 Å². The zero-order valence-corrected chi connectivity index (χ0v) is 12.0. The highest BCUT2D eigenvalue weighted by Gasteiger charge is 2.22. The van der Waals surface area contributed by atoms with Crippen LogP contribution in [0.3, 0.4) is 0 Å². The molecular formula is C13H23ClN4. The van der Waals surface area contributed by atoms with Crippen molar-refractivity contribution in [2.45, 2.75) is 57.5 Å². The van der Waals surface area contributed by atoms with E-state index in [9.17, 15) is 0 Å². The lowest BCUT2D eigenvalue weighted by Crippen LogP contribution is -2.31. The van der Waals surface area contributed by atoms with Crippen molar-refractivity contribution >= 4 is 11.6 Å². The Morgan fingerprint density at radius 3 is 2.94 bits per heavy atom. The molecule has 0 radical (unpaired) electrons. The zero-order chi connectivity index (χ0) is 13.0. The second-order valence-corrected chi connectivity index (χ2v) is 5.97. The fourth-order valence-corrected chi connectivity index (χ4v) is 2.96. The average Bonchev–Trinajstić information content (AvgIpc) is 2.80. The van der Waals surface area contributed by atoms with Crippen molar-refractivity contribution in [3.05, 3.63) is 12.2 Å². The Morgan fingerprint density at radius 2 is 2.22 bits per heavy atom. The molecule has 18 heavy (non-hydrogen) atoms. The van der Waals surface area contributed by atoms with E-state index in [4.69, 9.17) is 11.6 Å². The van der Waals surface area contributed by atoms with Gasteiger partial charge in [-0.1, -0.05) is 12.8 Å². The summed E-state index contributed by atoms with van der Waals surface area (Å²) in [6.45, 7) is 6.00. The maximum atomic E-state index is 6.35. The molecule has 1 N–H and O–H groups in total. The van der Waals surface area contributed by atoms with Crippen molar-refractivity contribution in [1.82, 2.24) is 20.1 Å². The fraction of sp³-hybridized carbons (Fsp3) is 0.846. The number of rotatable bonds is 5. The molecule has 0 aliphatic heterocycles. The van der Waals surface area contributed by atoms with Crippen LogP contribution in [-0.4, -0.2) is 26.7 Å². The molecule has 1 aromatic heterocycles. The number of hydrogen-bond acceptors (Lipinski definition) is 3. The summed E-state index contributed by atoms with van der Waals surface area (Å²) in [4.78, 5) is 4.30. The van der Waals surface area contributed by atoms with Gasteiger partial charge in [-0.3, -0.25) is 0 Å². The highest BCUT2D eigenvalue weighted by molar-refractivity contribution is 6.20. The van der Waals surface area contributed by atoms with Crippen LogP contribution < -0.4 is 5.32 Å². The van der Waals surface area contributed by atoms with Crippen molar-refractivity contribution in [3.8, 4) is 0 Å². The van der Waals surface area contributed by atoms with Crippen molar-refractivity contribution in [2.75, 3.05) is 6.54 Å². The molecule has 2 rings (SSSR count). The van der Waals surface area contributed by atoms with Crippen LogP contribution in [0.5, 0.6) is 0 Å². The largest absolute Gasteiger partial charge is 0.310 e. The lowest BCUT2D eigenvalue weighted by molar-refractivity contribution is 0.345. The van der Waals surface area contributed by atoms with E-state index in [1.165, 1.54) is 19.3 Å². The van der Waals surface area contributed by atoms with E-state index in [1.807, 2.05) is 4.68 Å². The molecule has 0 aromatic carbocycles. The first-order valence-corrected chi connectivity index (χ1v) is 7.35. The Labute approximate surface area is 114 Å². The van der Waals surface area contributed by atoms with Gasteiger partial charge in [0, 0.05) is 11.4 Å². The van der Waals surface area contributed by atoms with Crippen molar-refractivity contribution in [1.29, 1.82) is 0 Å². The van der Waals surface area contributed by atoms with Crippen molar-refractivity contribution in [3.63, 3.8) is 0 Å². The molecule has 2 unspecified atom stereocenters. The van der Waals surface area contributed by atoms with Gasteiger partial charge in [0.05, 0.1) is 6.54 Å². The maximum absolute atomic E-state index is 6.35. The summed E-state index contributed by atoms with van der Waals surface area (Å²) >= 11 is 6.35. The summed E-state index contributed by atoms with van der Waals surface area (Å²) in [6, 6.07) is 0.361. The highest BCUT2D eigenvalue weighted by Crippen LogP contribution is 2.27. The summed E-state index contributed by atoms with van der Waals surface area (Å²) in [5, 5.41) is 8.05. The lowest BCUT2D eigenvalue weighted by Gasteiger charge is -2.27. The third-order valence-corrected chi connectivity index (χ3v) is 4.22. The minimum Gasteiger partial charge on any atom is -0.310 e. The molecule has 1 fully saturated rings. The molecule has 2 atom stereocenters. The molecule has 0 amide bonds. The standard InChI is InChI=1S/C13H23ClN4/c1-10(2)18-13(16-9-17-18)8-15-7-11-5-3-4-6-12(11)14/h9-12,15H,3-8H2,1-2H3. The molecule has 1 saturated carbocycles. The lowest BCUT2D eigenvalue weighted by atomic mass is 9.89. The van der Waals surface area contributed by atoms with Gasteiger partial charge in [-0.15, -0.1) is 11.6 Å². The number of nitrogens with zero attached hydrogens (tertiary/aromatic N) is 3. The van der Waals surface area contributed by atoms with Gasteiger partial charge in [0.25, 0.3) is 0 Å². The Morgan fingerprint density at radius 1 is 1.44 bits per heavy atom. The smallest absolute Gasteiger partial charge is 0.141 e. The van der Waals surface area contributed by atoms with E-state index in [2.05, 4.69) is 29.2 Å². The predicted molar refractivity (Wildman–Crippen MR) is 73.7 cm³/mol. The Kier molecular flexibility index (Phi) is 5.01. The summed E-state index contributed by atoms with van der Waals surface area (Å²) in [7, 11) is 0. The van der Waals surface area contributed by atoms with E-state index in [-0.39, 0.29) is 0 Å². The minimum absolute atomic E-state index is 0.342. The number of hydrogen-bond donors (Lipinski definition) is 1. The van der Waals surface area contributed by atoms with Gasteiger partial charge in [-0.25, -0.2) is 9.67 Å². The fourth-order valence-electron chi connectivity index (χ4n) is 2.59. The van der Waals surface area contributed by atoms with Gasteiger partial charge in [0.1, 0.15) is 12.2 Å². The molecule has 0 saturated heterocycles. The van der Waals surface area contributed by atoms with E-state index in [0.29, 0.717) is 17.3 Å². The van der Waals surface area contributed by atoms with Gasteiger partial charge in [0.2, 0.25) is 0 Å². The summed E-state index contributed by atoms with van der Waals surface area (Å²) < 4.78 is 1.96. The first-order valence-electron chi connectivity index (χ1n) is 6.91. The molecule has 0 spiro atoms. The monoisotopic (exact) mass is 270 g/mol. The first kappa shape index (κ1) is 13.8. The zero-order valence-electron chi connectivity index (χ0n) is 11.3. The van der Waals surface area contributed by atoms with E-state index in [1.54, 1.807) is 6.33 Å². The minimum atomic E-state index is 0.342. The molecule has 1 aliphatic rings. The van der Waals surface area contributed by atoms with Crippen LogP contribution in [0, 0.1) is 5.92 Å². The Balaban J connectivity index is 1.79. The average molecular weight is 271 g/mol. The van der Waals surface area contributed by atoms with Crippen LogP contribution in [0.1, 0.15) is 51.4 Å². The Hall–Kier alpha value is -0.610. The van der Waals surface area contributed by atoms with E-state index < -0.39 is 0 Å². The second kappa shape index (κ2) is 6.53. The summed E-state index contributed by atoms with van der Waals surface area (Å²) in [5.41, 5.74) is 0. The van der Waals surface area contributed by atoms with Crippen LogP contribution in [-0.2, 0) is 6.54 Å². The van der Waals surface area contributed by atoms with E-state index >= 15 is 0 Å². The van der Waals surface area contributed by atoms with Crippen LogP contribution in [0.15, 0.2) is 6.33 Å². The number of aromatic nitrogens is 3. The molecule has 5 heteroatoms. The summed E-state index contributed by atoms with van der Waals surface area (Å²) in [6.07, 6.45) is 6.64. The van der Waals surface area contributed by atoms with Gasteiger partial charge in [-0.05, 0) is 39.2 Å². The predicted octanol–water partition coefficient (Wildman–Crippen LogP) is 2.75. The highest BCUT2D eigenvalue weighted by atomic mass is 35.5. The molecular weight excluding hydrogens is 248 g/mol. The van der Waals surface area contributed by atoms with Gasteiger partial charge < -0.3 is 5.32 Å². The third kappa shape index (κ3) is 3.45. The topological polar surface area (TPSA) is 42.7 Å². The molecule has 1 aromatic rings. The van der Waals surface area contributed by atoms with Crippen LogP contribution in [0.25, 0.3) is 0 Å². The quantitative estimate of drug-likeness (QED) is 0.837. The van der Waals surface area contributed by atoms with Gasteiger partial charge in [-0.2, -0.15) is 5.10 Å². The number of nitrogens with one attached hydrogen (secondary N) is 1. The molecule has 4 nitrogen and oxygen atoms in total. The van der Waals surface area contributed by atoms with Crippen molar-refractivity contribution in [2.24, 2.45) is 5.92 Å². The molecule has 102 valence electrons. The number of alkyl halides is 1. The molecule has 1 heterocycles. The van der Waals surface area contributed by atoms with Crippen LogP contribution in [0.4, 0.5) is 0 Å². The normalized spacial score (nSPS) is 24.7. The molecule has 1 aliphatic carbocycles. The van der Waals surface area contributed by atoms with E-state index in [0.717, 1.165) is 25.3 Å². The van der Waals surface area contributed by atoms with Crippen LogP contribution >= 0.6 is 11.6 Å². The SMILES string of the molecule is CC(C)n1ncnc1CNCC1CCCCC1Cl. The first-order chi connectivity index (χ1) is 8.68. The van der Waals surface area contributed by atoms with Gasteiger partial charge in [0.15, 0.2) is 0 Å². The van der Waals surface area contributed by atoms with Crippen molar-refractivity contribution < 1.29 is 0 Å². The summed E-state index contributed by atoms with van der Waals surface area (Å²) in [5.74, 6) is 1.61. The third-order valence-electron chi connectivity index (χ3n) is 3.64. The molecule has 0 bridgehead atoms. The number of halogens is 1. The Bertz CT molecular complexity index is 364. The maximum Gasteiger partial charge on any atom is 0.141 e. The second-order valence-electron chi connectivity index (χ2n) is 5.41. The van der Waals surface area contributed by atoms with Crippen LogP contribution in [0.2, 0.25) is 0 Å².